The predicted molar refractivity (Wildman–Crippen MR) is 79.6 cm³/mol. The van der Waals surface area contributed by atoms with Crippen molar-refractivity contribution in [3.05, 3.63) is 29.3 Å². The first kappa shape index (κ1) is 17.4. The van der Waals surface area contributed by atoms with Crippen molar-refractivity contribution in [1.29, 1.82) is 0 Å². The number of benzene rings is 1. The summed E-state index contributed by atoms with van der Waals surface area (Å²) in [5, 5.41) is 10.3. The summed E-state index contributed by atoms with van der Waals surface area (Å²) >= 11 is 0. The lowest BCUT2D eigenvalue weighted by atomic mass is 9.80. The van der Waals surface area contributed by atoms with E-state index in [1.807, 2.05) is 18.2 Å². The second-order valence-electron chi connectivity index (χ2n) is 6.52. The van der Waals surface area contributed by atoms with Crippen LogP contribution in [0.5, 0.6) is 5.75 Å². The Labute approximate surface area is 116 Å². The van der Waals surface area contributed by atoms with E-state index in [1.165, 1.54) is 13.1 Å². The molecule has 0 unspecified atom stereocenters. The van der Waals surface area contributed by atoms with Crippen LogP contribution in [0.15, 0.2) is 23.2 Å². The number of hydrogen-bond acceptors (Lipinski definition) is 3. The molecule has 0 atom stereocenters. The molecule has 3 nitrogen and oxygen atoms in total. The summed E-state index contributed by atoms with van der Waals surface area (Å²) in [7, 11) is 1.38. The van der Waals surface area contributed by atoms with E-state index in [1.54, 1.807) is 0 Å². The quantitative estimate of drug-likeness (QED) is 0.569. The van der Waals surface area contributed by atoms with Crippen LogP contribution < -0.4 is 0 Å². The molecular formula is C16H25NO2. The van der Waals surface area contributed by atoms with Gasteiger partial charge in [0.1, 0.15) is 5.75 Å². The minimum absolute atomic E-state index is 0.00859. The largest absolute Gasteiger partial charge is 0.507 e. The number of rotatable bonds is 0. The lowest BCUT2D eigenvalue weighted by Gasteiger charge is -2.26. The van der Waals surface area contributed by atoms with Crippen molar-refractivity contribution in [3.63, 3.8) is 0 Å². The lowest BCUT2D eigenvalue weighted by Crippen LogP contribution is -2.16. The number of phenolic OH excluding ortho intramolecular Hbond substituents is 1. The fourth-order valence-electron chi connectivity index (χ4n) is 1.75. The number of para-hydroxylation sites is 1. The molecule has 3 heteroatoms. The Morgan fingerprint density at radius 2 is 1.32 bits per heavy atom. The van der Waals surface area contributed by atoms with Gasteiger partial charge in [0.05, 0.1) is 0 Å². The molecule has 0 aromatic heterocycles. The first-order chi connectivity index (χ1) is 8.55. The second-order valence-corrected chi connectivity index (χ2v) is 6.52. The molecule has 0 bridgehead atoms. The van der Waals surface area contributed by atoms with Crippen molar-refractivity contribution in [1.82, 2.24) is 0 Å². The maximum Gasteiger partial charge on any atom is 0.234 e. The van der Waals surface area contributed by atoms with E-state index in [2.05, 4.69) is 46.5 Å². The Bertz CT molecular complexity index is 426. The van der Waals surface area contributed by atoms with Crippen LogP contribution in [0, 0.1) is 0 Å². The number of isocyanates is 1. The van der Waals surface area contributed by atoms with Crippen molar-refractivity contribution < 1.29 is 9.90 Å². The number of hydrogen-bond donors (Lipinski definition) is 1. The average Bonchev–Trinajstić information content (AvgIpc) is 2.26. The van der Waals surface area contributed by atoms with E-state index in [0.717, 1.165) is 11.1 Å². The van der Waals surface area contributed by atoms with Crippen LogP contribution in [-0.4, -0.2) is 18.2 Å². The van der Waals surface area contributed by atoms with Gasteiger partial charge < -0.3 is 5.11 Å². The summed E-state index contributed by atoms with van der Waals surface area (Å²) in [4.78, 5) is 11.8. The Kier molecular flexibility index (Phi) is 5.98. The third-order valence-electron chi connectivity index (χ3n) is 2.74. The predicted octanol–water partition coefficient (Wildman–Crippen LogP) is 3.94. The molecule has 19 heavy (non-hydrogen) atoms. The van der Waals surface area contributed by atoms with Crippen LogP contribution in [-0.2, 0) is 15.6 Å². The SMILES string of the molecule is CC(C)(C)c1cccc(C(C)(C)C)c1O.CN=C=O. The zero-order valence-corrected chi connectivity index (χ0v) is 13.0. The zero-order valence-electron chi connectivity index (χ0n) is 13.0. The van der Waals surface area contributed by atoms with Crippen molar-refractivity contribution in [2.45, 2.75) is 52.4 Å². The van der Waals surface area contributed by atoms with Crippen molar-refractivity contribution in [2.24, 2.45) is 4.99 Å². The molecule has 0 aliphatic heterocycles. The van der Waals surface area contributed by atoms with Crippen LogP contribution in [0.25, 0.3) is 0 Å². The third kappa shape index (κ3) is 5.27. The Morgan fingerprint density at radius 3 is 1.53 bits per heavy atom. The summed E-state index contributed by atoms with van der Waals surface area (Å²) in [6.07, 6.45) is 1.31. The maximum absolute atomic E-state index is 10.3. The third-order valence-corrected chi connectivity index (χ3v) is 2.74. The van der Waals surface area contributed by atoms with Crippen LogP contribution in [0.4, 0.5) is 0 Å². The standard InChI is InChI=1S/C14H22O.C2H3NO/c1-13(2,3)10-8-7-9-11(12(10)15)14(4,5)6;1-3-2-4/h7-9,15H,1-6H3;1H3. The Balaban J connectivity index is 0.000000711. The Hall–Kier alpha value is -1.60. The van der Waals surface area contributed by atoms with Gasteiger partial charge in [-0.3, -0.25) is 0 Å². The minimum Gasteiger partial charge on any atom is -0.507 e. The highest BCUT2D eigenvalue weighted by Gasteiger charge is 2.24. The number of phenols is 1. The zero-order chi connectivity index (χ0) is 15.3. The summed E-state index contributed by atoms with van der Waals surface area (Å²) < 4.78 is 0. The first-order valence-corrected chi connectivity index (χ1v) is 6.34. The van der Waals surface area contributed by atoms with Crippen LogP contribution in [0.1, 0.15) is 52.7 Å². The molecule has 0 saturated heterocycles. The highest BCUT2D eigenvalue weighted by Crippen LogP contribution is 2.38. The average molecular weight is 263 g/mol. The van der Waals surface area contributed by atoms with Crippen LogP contribution in [0.2, 0.25) is 0 Å². The number of aliphatic imine (C=N–C) groups is 1. The number of nitrogens with zero attached hydrogens (tertiary/aromatic N) is 1. The highest BCUT2D eigenvalue weighted by atomic mass is 16.3. The Morgan fingerprint density at radius 1 is 1.00 bits per heavy atom. The molecule has 1 rings (SSSR count). The molecule has 0 fully saturated rings. The van der Waals surface area contributed by atoms with Crippen molar-refractivity contribution in [2.75, 3.05) is 7.05 Å². The van der Waals surface area contributed by atoms with Gasteiger partial charge >= 0.3 is 0 Å². The van der Waals surface area contributed by atoms with Gasteiger partial charge in [0.2, 0.25) is 6.08 Å². The molecule has 0 saturated carbocycles. The van der Waals surface area contributed by atoms with Gasteiger partial charge in [0, 0.05) is 7.05 Å². The molecule has 1 aromatic carbocycles. The minimum atomic E-state index is -0.00859. The monoisotopic (exact) mass is 263 g/mol. The molecular weight excluding hydrogens is 238 g/mol. The fourth-order valence-corrected chi connectivity index (χ4v) is 1.75. The van der Waals surface area contributed by atoms with Gasteiger partial charge in [-0.25, -0.2) is 9.79 Å². The summed E-state index contributed by atoms with van der Waals surface area (Å²) in [5.41, 5.74) is 2.03. The molecule has 0 heterocycles. The van der Waals surface area contributed by atoms with Crippen LogP contribution in [0.3, 0.4) is 0 Å². The van der Waals surface area contributed by atoms with E-state index >= 15 is 0 Å². The summed E-state index contributed by atoms with van der Waals surface area (Å²) in [5.74, 6) is 0.456. The number of aromatic hydroxyl groups is 1. The molecule has 0 aliphatic carbocycles. The van der Waals surface area contributed by atoms with Gasteiger partial charge in [0.25, 0.3) is 0 Å². The number of carbonyl (C=O) groups excluding carboxylic acids is 1. The normalized spacial score (nSPS) is 11.1. The van der Waals surface area contributed by atoms with Crippen molar-refractivity contribution >= 4 is 6.08 Å². The van der Waals surface area contributed by atoms with Gasteiger partial charge in [0.15, 0.2) is 0 Å². The fraction of sp³-hybridized carbons (Fsp3) is 0.562. The smallest absolute Gasteiger partial charge is 0.234 e. The van der Waals surface area contributed by atoms with E-state index in [0.29, 0.717) is 5.75 Å². The van der Waals surface area contributed by atoms with Gasteiger partial charge in [-0.05, 0) is 22.0 Å². The van der Waals surface area contributed by atoms with E-state index < -0.39 is 0 Å². The molecule has 0 aliphatic rings. The van der Waals surface area contributed by atoms with E-state index in [9.17, 15) is 5.11 Å². The van der Waals surface area contributed by atoms with Gasteiger partial charge in [-0.15, -0.1) is 0 Å². The van der Waals surface area contributed by atoms with E-state index in [-0.39, 0.29) is 10.8 Å². The lowest BCUT2D eigenvalue weighted by molar-refractivity contribution is 0.423. The van der Waals surface area contributed by atoms with Gasteiger partial charge in [-0.1, -0.05) is 59.7 Å². The van der Waals surface area contributed by atoms with Crippen LogP contribution >= 0.6 is 0 Å². The maximum atomic E-state index is 10.3. The molecule has 1 N–H and O–H groups in total. The molecule has 106 valence electrons. The first-order valence-electron chi connectivity index (χ1n) is 6.34. The van der Waals surface area contributed by atoms with Gasteiger partial charge in [-0.2, -0.15) is 0 Å². The molecule has 1 aromatic rings. The van der Waals surface area contributed by atoms with E-state index in [4.69, 9.17) is 4.79 Å². The van der Waals surface area contributed by atoms with Crippen molar-refractivity contribution in [3.8, 4) is 5.75 Å². The topological polar surface area (TPSA) is 49.7 Å². The molecule has 0 radical (unpaired) electrons. The summed E-state index contributed by atoms with van der Waals surface area (Å²) in [6.45, 7) is 12.7. The summed E-state index contributed by atoms with van der Waals surface area (Å²) in [6, 6.07) is 6.04. The molecule has 0 spiro atoms. The highest BCUT2D eigenvalue weighted by molar-refractivity contribution is 5.46. The molecule has 0 amide bonds. The second kappa shape index (κ2) is 6.53.